The predicted octanol–water partition coefficient (Wildman–Crippen LogP) is 0.172. The third kappa shape index (κ3) is 2.16. The summed E-state index contributed by atoms with van der Waals surface area (Å²) < 4.78 is 0. The van der Waals surface area contributed by atoms with Gasteiger partial charge in [-0.3, -0.25) is 10.1 Å². The number of nitriles is 1. The Kier molecular flexibility index (Phi) is 3.38. The molecule has 6 nitrogen and oxygen atoms in total. The lowest BCUT2D eigenvalue weighted by Gasteiger charge is -2.40. The molecule has 0 bridgehead atoms. The van der Waals surface area contributed by atoms with E-state index in [0.29, 0.717) is 5.96 Å². The largest absolute Gasteiger partial charge is 0.340 e. The first-order valence-corrected chi connectivity index (χ1v) is 7.38. The fourth-order valence-electron chi connectivity index (χ4n) is 3.46. The minimum absolute atomic E-state index is 0.168. The first-order valence-electron chi connectivity index (χ1n) is 7.38. The number of aliphatic imine (C=N–C) groups is 1. The number of rotatable bonds is 0. The average Bonchev–Trinajstić information content (AvgIpc) is 2.88. The normalized spacial score (nSPS) is 30.0. The lowest BCUT2D eigenvalue weighted by atomic mass is 9.82. The van der Waals surface area contributed by atoms with Crippen LogP contribution in [-0.4, -0.2) is 60.4 Å². The molecule has 3 rings (SSSR count). The van der Waals surface area contributed by atoms with Gasteiger partial charge in [0.05, 0.1) is 11.6 Å². The molecule has 0 aromatic rings. The molecule has 1 aliphatic carbocycles. The van der Waals surface area contributed by atoms with E-state index in [1.165, 1.54) is 0 Å². The zero-order chi connectivity index (χ0) is 14.2. The second-order valence-corrected chi connectivity index (χ2v) is 6.09. The molecule has 2 fully saturated rings. The number of carbonyl (C=O) groups excluding carboxylic acids is 1. The number of nitrogens with one attached hydrogen (secondary N) is 1. The molecule has 20 heavy (non-hydrogen) atoms. The highest BCUT2D eigenvalue weighted by atomic mass is 16.2. The smallest absolute Gasteiger partial charge is 0.246 e. The number of guanidine groups is 1. The molecule has 1 saturated carbocycles. The van der Waals surface area contributed by atoms with E-state index in [0.717, 1.165) is 51.9 Å². The van der Waals surface area contributed by atoms with Gasteiger partial charge in [0.1, 0.15) is 0 Å². The van der Waals surface area contributed by atoms with Crippen molar-refractivity contribution >= 4 is 11.9 Å². The van der Waals surface area contributed by atoms with Crippen molar-refractivity contribution in [2.24, 2.45) is 10.9 Å². The third-order valence-corrected chi connectivity index (χ3v) is 4.76. The molecule has 1 N–H and O–H groups in total. The van der Waals surface area contributed by atoms with Crippen molar-refractivity contribution in [2.75, 3.05) is 33.2 Å². The molecule has 108 valence electrons. The molecule has 1 atom stereocenters. The van der Waals surface area contributed by atoms with Crippen LogP contribution in [0.4, 0.5) is 0 Å². The summed E-state index contributed by atoms with van der Waals surface area (Å²) in [6.45, 7) is 3.71. The van der Waals surface area contributed by atoms with E-state index in [4.69, 9.17) is 4.99 Å². The van der Waals surface area contributed by atoms with Gasteiger partial charge in [0, 0.05) is 26.2 Å². The third-order valence-electron chi connectivity index (χ3n) is 4.76. The van der Waals surface area contributed by atoms with E-state index in [2.05, 4.69) is 28.2 Å². The van der Waals surface area contributed by atoms with Crippen LogP contribution in [0, 0.1) is 17.2 Å². The van der Waals surface area contributed by atoms with Gasteiger partial charge in [0.2, 0.25) is 11.9 Å². The maximum atomic E-state index is 12.3. The van der Waals surface area contributed by atoms with Gasteiger partial charge in [0.25, 0.3) is 0 Å². The van der Waals surface area contributed by atoms with Crippen molar-refractivity contribution in [3.63, 3.8) is 0 Å². The maximum Gasteiger partial charge on any atom is 0.246 e. The average molecular weight is 275 g/mol. The number of nitrogens with zero attached hydrogens (tertiary/aromatic N) is 4. The van der Waals surface area contributed by atoms with Crippen molar-refractivity contribution in [1.29, 1.82) is 5.26 Å². The van der Waals surface area contributed by atoms with Crippen LogP contribution in [-0.2, 0) is 4.79 Å². The summed E-state index contributed by atoms with van der Waals surface area (Å²) in [7, 11) is 2.10. The molecule has 1 amide bonds. The maximum absolute atomic E-state index is 12.3. The Hall–Kier alpha value is -1.61. The summed E-state index contributed by atoms with van der Waals surface area (Å²) >= 11 is 0. The summed E-state index contributed by atoms with van der Waals surface area (Å²) in [5, 5.41) is 12.2. The fourth-order valence-corrected chi connectivity index (χ4v) is 3.46. The molecular formula is C14H21N5O. The SMILES string of the molecule is CN1CCN(C2=NC3(CCCC3)[C@@H](C#N)C(=O)N2)CC1. The van der Waals surface area contributed by atoms with Gasteiger partial charge < -0.3 is 9.80 Å². The van der Waals surface area contributed by atoms with Crippen molar-refractivity contribution < 1.29 is 4.79 Å². The number of likely N-dealkylation sites (N-methyl/N-ethyl adjacent to an activating group) is 1. The van der Waals surface area contributed by atoms with Gasteiger partial charge in [0.15, 0.2) is 5.92 Å². The van der Waals surface area contributed by atoms with Crippen molar-refractivity contribution in [3.8, 4) is 6.07 Å². The first-order chi connectivity index (χ1) is 9.64. The number of piperazine rings is 1. The van der Waals surface area contributed by atoms with Crippen LogP contribution in [0.25, 0.3) is 0 Å². The van der Waals surface area contributed by atoms with E-state index in [1.54, 1.807) is 0 Å². The Labute approximate surface area is 119 Å². The van der Waals surface area contributed by atoms with Crippen LogP contribution in [0.2, 0.25) is 0 Å². The molecule has 2 heterocycles. The molecule has 1 saturated heterocycles. The van der Waals surface area contributed by atoms with Crippen LogP contribution in [0.5, 0.6) is 0 Å². The molecule has 6 heteroatoms. The molecule has 2 aliphatic heterocycles. The van der Waals surface area contributed by atoms with Gasteiger partial charge in [-0.1, -0.05) is 12.8 Å². The Morgan fingerprint density at radius 3 is 2.55 bits per heavy atom. The monoisotopic (exact) mass is 275 g/mol. The quantitative estimate of drug-likeness (QED) is 0.684. The van der Waals surface area contributed by atoms with Crippen LogP contribution in [0.3, 0.4) is 0 Å². The Morgan fingerprint density at radius 2 is 1.95 bits per heavy atom. The van der Waals surface area contributed by atoms with Crippen LogP contribution >= 0.6 is 0 Å². The lowest BCUT2D eigenvalue weighted by Crippen LogP contribution is -2.59. The zero-order valence-electron chi connectivity index (χ0n) is 11.9. The minimum Gasteiger partial charge on any atom is -0.340 e. The van der Waals surface area contributed by atoms with Crippen LogP contribution < -0.4 is 5.32 Å². The fraction of sp³-hybridized carbons (Fsp3) is 0.786. The molecule has 1 spiro atoms. The highest BCUT2D eigenvalue weighted by Crippen LogP contribution is 2.41. The summed E-state index contributed by atoms with van der Waals surface area (Å²) in [5.41, 5.74) is -0.463. The van der Waals surface area contributed by atoms with E-state index in [-0.39, 0.29) is 5.91 Å². The van der Waals surface area contributed by atoms with Gasteiger partial charge in [-0.2, -0.15) is 5.26 Å². The minimum atomic E-state index is -0.624. The van der Waals surface area contributed by atoms with Crippen molar-refractivity contribution in [1.82, 2.24) is 15.1 Å². The van der Waals surface area contributed by atoms with E-state index in [1.807, 2.05) is 0 Å². The molecule has 0 aromatic carbocycles. The zero-order valence-corrected chi connectivity index (χ0v) is 11.9. The standard InChI is InChI=1S/C14H21N5O/c1-18-6-8-19(9-7-18)13-16-12(20)11(10-15)14(17-13)4-2-3-5-14/h11H,2-9H2,1H3,(H,16,17,20)/t11-/m0/s1. The summed E-state index contributed by atoms with van der Waals surface area (Å²) in [6.07, 6.45) is 3.84. The van der Waals surface area contributed by atoms with Gasteiger partial charge in [-0.05, 0) is 19.9 Å². The van der Waals surface area contributed by atoms with E-state index in [9.17, 15) is 10.1 Å². The summed E-state index contributed by atoms with van der Waals surface area (Å²) in [6, 6.07) is 2.17. The lowest BCUT2D eigenvalue weighted by molar-refractivity contribution is -0.124. The van der Waals surface area contributed by atoms with Gasteiger partial charge >= 0.3 is 0 Å². The summed E-state index contributed by atoms with van der Waals surface area (Å²) in [4.78, 5) is 21.5. The second-order valence-electron chi connectivity index (χ2n) is 6.09. The molecular weight excluding hydrogens is 254 g/mol. The van der Waals surface area contributed by atoms with Crippen LogP contribution in [0.15, 0.2) is 4.99 Å². The number of hydrogen-bond acceptors (Lipinski definition) is 5. The number of hydrogen-bond donors (Lipinski definition) is 1. The topological polar surface area (TPSA) is 71.7 Å². The Morgan fingerprint density at radius 1 is 1.30 bits per heavy atom. The second kappa shape index (κ2) is 5.06. The Balaban J connectivity index is 1.86. The van der Waals surface area contributed by atoms with Gasteiger partial charge in [-0.25, -0.2) is 4.99 Å². The Bertz CT molecular complexity index is 466. The van der Waals surface area contributed by atoms with E-state index >= 15 is 0 Å². The first kappa shape index (κ1) is 13.4. The highest BCUT2D eigenvalue weighted by molar-refractivity contribution is 6.02. The van der Waals surface area contributed by atoms with Crippen LogP contribution in [0.1, 0.15) is 25.7 Å². The van der Waals surface area contributed by atoms with Crippen molar-refractivity contribution in [2.45, 2.75) is 31.2 Å². The summed E-state index contributed by atoms with van der Waals surface area (Å²) in [5.74, 6) is -0.101. The highest BCUT2D eigenvalue weighted by Gasteiger charge is 2.49. The predicted molar refractivity (Wildman–Crippen MR) is 74.9 cm³/mol. The molecule has 0 radical (unpaired) electrons. The molecule has 0 unspecified atom stereocenters. The molecule has 0 aromatic heterocycles. The van der Waals surface area contributed by atoms with Crippen molar-refractivity contribution in [3.05, 3.63) is 0 Å². The number of amides is 1. The molecule has 3 aliphatic rings. The van der Waals surface area contributed by atoms with Gasteiger partial charge in [-0.15, -0.1) is 0 Å². The number of carbonyl (C=O) groups is 1. The van der Waals surface area contributed by atoms with E-state index < -0.39 is 11.5 Å².